The Labute approximate surface area is 177 Å². The number of rotatable bonds is 4. The molecule has 6 heteroatoms. The minimum absolute atomic E-state index is 0.222. The molecular weight excluding hydrogens is 378 g/mol. The molecule has 0 fully saturated rings. The van der Waals surface area contributed by atoms with Gasteiger partial charge in [0.05, 0.1) is 11.1 Å². The van der Waals surface area contributed by atoms with Crippen molar-refractivity contribution in [3.63, 3.8) is 0 Å². The van der Waals surface area contributed by atoms with Gasteiger partial charge >= 0.3 is 6.09 Å². The van der Waals surface area contributed by atoms with Gasteiger partial charge in [0, 0.05) is 38.9 Å². The second kappa shape index (κ2) is 7.86. The van der Waals surface area contributed by atoms with E-state index in [2.05, 4.69) is 37.1 Å². The van der Waals surface area contributed by atoms with E-state index >= 15 is 0 Å². The Hall–Kier alpha value is -3.28. The Balaban J connectivity index is 1.65. The summed E-state index contributed by atoms with van der Waals surface area (Å²) in [7, 11) is 3.34. The molecule has 1 amide bonds. The van der Waals surface area contributed by atoms with E-state index < -0.39 is 6.09 Å². The van der Waals surface area contributed by atoms with E-state index in [0.29, 0.717) is 24.8 Å². The molecule has 0 aromatic heterocycles. The maximum Gasteiger partial charge on any atom is 0.414 e. The van der Waals surface area contributed by atoms with Gasteiger partial charge in [-0.1, -0.05) is 42.5 Å². The van der Waals surface area contributed by atoms with Gasteiger partial charge in [-0.3, -0.25) is 0 Å². The van der Waals surface area contributed by atoms with Gasteiger partial charge in [-0.05, 0) is 31.0 Å². The highest BCUT2D eigenvalue weighted by Gasteiger charge is 2.31. The van der Waals surface area contributed by atoms with Crippen LogP contribution in [0, 0.1) is 0 Å². The largest absolute Gasteiger partial charge is 0.475 e. The average Bonchev–Trinajstić information content (AvgIpc) is 3.08. The molecule has 0 unspecified atom stereocenters. The van der Waals surface area contributed by atoms with E-state index in [1.54, 1.807) is 14.1 Å². The van der Waals surface area contributed by atoms with E-state index in [0.717, 1.165) is 23.2 Å². The number of hydrogen-bond acceptors (Lipinski definition) is 5. The fourth-order valence-corrected chi connectivity index (χ4v) is 3.57. The van der Waals surface area contributed by atoms with Gasteiger partial charge in [0.2, 0.25) is 5.90 Å². The summed E-state index contributed by atoms with van der Waals surface area (Å²) in [6.07, 6.45) is 1.71. The number of amides is 1. The lowest BCUT2D eigenvalue weighted by molar-refractivity contribution is 0.171. The van der Waals surface area contributed by atoms with Crippen LogP contribution >= 0.6 is 0 Å². The number of ether oxygens (including phenoxy) is 2. The van der Waals surface area contributed by atoms with Crippen molar-refractivity contribution in [3.05, 3.63) is 71.4 Å². The van der Waals surface area contributed by atoms with Gasteiger partial charge in [-0.15, -0.1) is 0 Å². The zero-order valence-corrected chi connectivity index (χ0v) is 17.9. The number of para-hydroxylation sites is 1. The van der Waals surface area contributed by atoms with Crippen LogP contribution in [0.3, 0.4) is 0 Å². The number of fused-ring (bicyclic) bond motifs is 1. The van der Waals surface area contributed by atoms with Crippen LogP contribution in [-0.2, 0) is 17.8 Å². The molecule has 2 aromatic carbocycles. The minimum atomic E-state index is -0.390. The third-order valence-electron chi connectivity index (χ3n) is 5.10. The van der Waals surface area contributed by atoms with Gasteiger partial charge in [0.25, 0.3) is 0 Å². The van der Waals surface area contributed by atoms with E-state index in [1.807, 2.05) is 36.4 Å². The highest BCUT2D eigenvalue weighted by molar-refractivity contribution is 6.20. The van der Waals surface area contributed by atoms with Gasteiger partial charge < -0.3 is 19.3 Å². The van der Waals surface area contributed by atoms with Crippen LogP contribution in [0.2, 0.25) is 0 Å². The number of hydrogen-bond donors (Lipinski definition) is 0. The molecular formula is C24H27N3O3. The summed E-state index contributed by atoms with van der Waals surface area (Å²) in [5, 5.41) is 0. The lowest BCUT2D eigenvalue weighted by Gasteiger charge is -2.29. The maximum absolute atomic E-state index is 12.1. The molecule has 156 valence electrons. The van der Waals surface area contributed by atoms with Crippen molar-refractivity contribution < 1.29 is 14.3 Å². The molecule has 0 aliphatic carbocycles. The summed E-state index contributed by atoms with van der Waals surface area (Å²) in [6, 6.07) is 16.0. The molecule has 2 aliphatic rings. The first kappa shape index (κ1) is 20.0. The summed E-state index contributed by atoms with van der Waals surface area (Å²) < 4.78 is 11.5. The van der Waals surface area contributed by atoms with Crippen molar-refractivity contribution >= 4 is 17.6 Å². The highest BCUT2D eigenvalue weighted by atomic mass is 16.6. The number of benzene rings is 2. The van der Waals surface area contributed by atoms with Crippen LogP contribution in [0.4, 0.5) is 4.79 Å². The van der Waals surface area contributed by atoms with Crippen LogP contribution in [0.25, 0.3) is 5.57 Å². The number of carbonyl (C=O) groups is 1. The third-order valence-corrected chi connectivity index (χ3v) is 5.10. The first-order valence-electron chi connectivity index (χ1n) is 10.1. The van der Waals surface area contributed by atoms with E-state index in [4.69, 9.17) is 14.5 Å². The van der Waals surface area contributed by atoms with Gasteiger partial charge in [-0.2, -0.15) is 0 Å². The van der Waals surface area contributed by atoms with Crippen molar-refractivity contribution in [3.8, 4) is 5.75 Å². The van der Waals surface area contributed by atoms with Crippen molar-refractivity contribution in [2.24, 2.45) is 4.99 Å². The van der Waals surface area contributed by atoms with Crippen LogP contribution in [0.5, 0.6) is 5.75 Å². The summed E-state index contributed by atoms with van der Waals surface area (Å²) in [4.78, 5) is 20.5. The van der Waals surface area contributed by atoms with Crippen LogP contribution in [-0.4, -0.2) is 48.0 Å². The molecule has 0 atom stereocenters. The second-order valence-electron chi connectivity index (χ2n) is 8.49. The van der Waals surface area contributed by atoms with Gasteiger partial charge in [0.15, 0.2) is 0 Å². The van der Waals surface area contributed by atoms with Gasteiger partial charge in [-0.25, -0.2) is 9.79 Å². The third kappa shape index (κ3) is 4.17. The van der Waals surface area contributed by atoms with Crippen molar-refractivity contribution in [2.45, 2.75) is 32.5 Å². The Kier molecular flexibility index (Phi) is 5.24. The minimum Gasteiger partial charge on any atom is -0.475 e. The van der Waals surface area contributed by atoms with Crippen LogP contribution < -0.4 is 4.74 Å². The highest BCUT2D eigenvalue weighted by Crippen LogP contribution is 2.33. The summed E-state index contributed by atoms with van der Waals surface area (Å²) >= 11 is 0. The zero-order chi connectivity index (χ0) is 21.3. The Morgan fingerprint density at radius 2 is 1.90 bits per heavy atom. The second-order valence-corrected chi connectivity index (χ2v) is 8.49. The fourth-order valence-electron chi connectivity index (χ4n) is 3.57. The summed E-state index contributed by atoms with van der Waals surface area (Å²) in [6.45, 7) is 6.08. The monoisotopic (exact) mass is 405 g/mol. The first-order valence-corrected chi connectivity index (χ1v) is 10.1. The van der Waals surface area contributed by atoms with E-state index in [-0.39, 0.29) is 5.54 Å². The average molecular weight is 405 g/mol. The van der Waals surface area contributed by atoms with E-state index in [1.165, 1.54) is 10.5 Å². The predicted octanol–water partition coefficient (Wildman–Crippen LogP) is 4.31. The molecule has 0 bridgehead atoms. The van der Waals surface area contributed by atoms with Crippen molar-refractivity contribution in [1.82, 2.24) is 9.80 Å². The smallest absolute Gasteiger partial charge is 0.414 e. The molecule has 0 saturated carbocycles. The van der Waals surface area contributed by atoms with Gasteiger partial charge in [0.1, 0.15) is 12.4 Å². The fraction of sp³-hybridized carbons (Fsp3) is 0.333. The van der Waals surface area contributed by atoms with Crippen LogP contribution in [0.15, 0.2) is 59.7 Å². The summed E-state index contributed by atoms with van der Waals surface area (Å²) in [5.41, 5.74) is 4.08. The lowest BCUT2D eigenvalue weighted by atomic mass is 9.96. The standard InChI is InChI=1S/C24H27N3O3/c1-24(2)16-29-22(25-24)20-15-27(13-17-9-5-7-11-19(17)20)14-18-10-6-8-12-21(18)30-23(28)26(3)4/h5-12,15H,13-14,16H2,1-4H3. The molecule has 0 radical (unpaired) electrons. The molecule has 6 nitrogen and oxygen atoms in total. The molecule has 0 N–H and O–H groups in total. The SMILES string of the molecule is CN(C)C(=O)Oc1ccccc1CN1C=C(C2=NC(C)(C)CO2)c2ccccc2C1. The Bertz CT molecular complexity index is 1020. The number of carbonyl (C=O) groups excluding carboxylic acids is 1. The molecule has 30 heavy (non-hydrogen) atoms. The van der Waals surface area contributed by atoms with Crippen molar-refractivity contribution in [2.75, 3.05) is 20.7 Å². The maximum atomic E-state index is 12.1. The normalized spacial score (nSPS) is 16.9. The molecule has 4 rings (SSSR count). The van der Waals surface area contributed by atoms with Crippen molar-refractivity contribution in [1.29, 1.82) is 0 Å². The predicted molar refractivity (Wildman–Crippen MR) is 117 cm³/mol. The quantitative estimate of drug-likeness (QED) is 0.761. The molecule has 2 heterocycles. The number of nitrogens with zero attached hydrogens (tertiary/aromatic N) is 3. The first-order chi connectivity index (χ1) is 14.3. The Morgan fingerprint density at radius 1 is 1.17 bits per heavy atom. The molecule has 0 saturated heterocycles. The lowest BCUT2D eigenvalue weighted by Crippen LogP contribution is -2.27. The molecule has 2 aliphatic heterocycles. The number of aliphatic imine (C=N–C) groups is 1. The topological polar surface area (TPSA) is 54.4 Å². The van der Waals surface area contributed by atoms with E-state index in [9.17, 15) is 4.79 Å². The molecule has 2 aromatic rings. The van der Waals surface area contributed by atoms with Crippen LogP contribution in [0.1, 0.15) is 30.5 Å². The Morgan fingerprint density at radius 3 is 2.63 bits per heavy atom. The summed E-state index contributed by atoms with van der Waals surface area (Å²) in [5.74, 6) is 1.25. The zero-order valence-electron chi connectivity index (χ0n) is 17.9. The molecule has 0 spiro atoms.